The minimum Gasteiger partial charge on any atom is -0.491 e. The van der Waals surface area contributed by atoms with E-state index in [2.05, 4.69) is 54.6 Å². The van der Waals surface area contributed by atoms with Crippen LogP contribution in [0.4, 0.5) is 11.5 Å². The molecule has 0 amide bonds. The third-order valence-electron chi connectivity index (χ3n) is 8.21. The molecule has 1 aliphatic heterocycles. The van der Waals surface area contributed by atoms with E-state index in [0.29, 0.717) is 24.4 Å². The van der Waals surface area contributed by atoms with E-state index in [1.807, 2.05) is 65.3 Å². The minimum absolute atomic E-state index is 0.239. The SMILES string of the molecule is Cc1cccc(C)c1OCCN(C)c1ccc(-c2cnc(C)c([C@H](OC(C)(C)C)C(=O)O)c2N2CCC(C)(C)CC2)cn1. The van der Waals surface area contributed by atoms with E-state index in [1.54, 1.807) is 0 Å². The van der Waals surface area contributed by atoms with Gasteiger partial charge in [-0.1, -0.05) is 32.0 Å². The van der Waals surface area contributed by atoms with Crippen LogP contribution in [0.1, 0.15) is 75.9 Å². The van der Waals surface area contributed by atoms with Crippen molar-refractivity contribution >= 4 is 17.5 Å². The van der Waals surface area contributed by atoms with Crippen molar-refractivity contribution in [2.45, 2.75) is 79.9 Å². The van der Waals surface area contributed by atoms with Crippen molar-refractivity contribution in [2.24, 2.45) is 5.41 Å². The van der Waals surface area contributed by atoms with Gasteiger partial charge in [0.1, 0.15) is 18.2 Å². The number of carbonyl (C=O) groups is 1. The lowest BCUT2D eigenvalue weighted by Gasteiger charge is -2.41. The number of carboxylic acid groups (broad SMARTS) is 1. The predicted molar refractivity (Wildman–Crippen MR) is 173 cm³/mol. The van der Waals surface area contributed by atoms with Gasteiger partial charge < -0.3 is 24.4 Å². The number of pyridine rings is 2. The van der Waals surface area contributed by atoms with E-state index in [9.17, 15) is 9.90 Å². The summed E-state index contributed by atoms with van der Waals surface area (Å²) >= 11 is 0. The molecule has 8 heteroatoms. The first kappa shape index (κ1) is 32.3. The van der Waals surface area contributed by atoms with Crippen molar-refractivity contribution in [1.29, 1.82) is 0 Å². The number of hydrogen-bond acceptors (Lipinski definition) is 7. The van der Waals surface area contributed by atoms with Gasteiger partial charge in [0.25, 0.3) is 0 Å². The number of hydrogen-bond donors (Lipinski definition) is 1. The number of likely N-dealkylation sites (N-methyl/N-ethyl adjacent to an activating group) is 1. The Bertz CT molecular complexity index is 1400. The normalized spacial score (nSPS) is 15.7. The van der Waals surface area contributed by atoms with E-state index in [4.69, 9.17) is 14.5 Å². The van der Waals surface area contributed by atoms with Crippen molar-refractivity contribution in [3.8, 4) is 16.9 Å². The molecule has 3 heterocycles. The Kier molecular flexibility index (Phi) is 9.70. The Hall–Kier alpha value is -3.65. The molecule has 232 valence electrons. The number of benzene rings is 1. The Morgan fingerprint density at radius 2 is 1.70 bits per heavy atom. The van der Waals surface area contributed by atoms with E-state index >= 15 is 0 Å². The molecule has 1 N–H and O–H groups in total. The highest BCUT2D eigenvalue weighted by Gasteiger charge is 2.35. The monoisotopic (exact) mass is 588 g/mol. The van der Waals surface area contributed by atoms with Crippen LogP contribution in [0.2, 0.25) is 0 Å². The average molecular weight is 589 g/mol. The Labute approximate surface area is 257 Å². The molecular weight excluding hydrogens is 540 g/mol. The summed E-state index contributed by atoms with van der Waals surface area (Å²) < 4.78 is 12.3. The highest BCUT2D eigenvalue weighted by Crippen LogP contribution is 2.43. The summed E-state index contributed by atoms with van der Waals surface area (Å²) in [6.07, 6.45) is 4.58. The maximum Gasteiger partial charge on any atom is 0.337 e. The first-order valence-corrected chi connectivity index (χ1v) is 15.2. The van der Waals surface area contributed by atoms with Crippen LogP contribution in [0, 0.1) is 26.2 Å². The van der Waals surface area contributed by atoms with Gasteiger partial charge in [-0.3, -0.25) is 4.98 Å². The van der Waals surface area contributed by atoms with Crippen LogP contribution in [0.15, 0.2) is 42.7 Å². The van der Waals surface area contributed by atoms with Crippen molar-refractivity contribution in [1.82, 2.24) is 9.97 Å². The fraction of sp³-hybridized carbons (Fsp3) is 0.514. The smallest absolute Gasteiger partial charge is 0.337 e. The molecule has 1 aliphatic rings. The van der Waals surface area contributed by atoms with Gasteiger partial charge >= 0.3 is 5.97 Å². The summed E-state index contributed by atoms with van der Waals surface area (Å²) in [5, 5.41) is 10.4. The molecule has 0 unspecified atom stereocenters. The third kappa shape index (κ3) is 7.85. The molecule has 1 atom stereocenters. The summed E-state index contributed by atoms with van der Waals surface area (Å²) in [5.41, 5.74) is 5.75. The molecule has 1 saturated heterocycles. The van der Waals surface area contributed by atoms with Gasteiger partial charge in [-0.15, -0.1) is 0 Å². The zero-order chi connectivity index (χ0) is 31.5. The second-order valence-corrected chi connectivity index (χ2v) is 13.5. The van der Waals surface area contributed by atoms with Crippen molar-refractivity contribution in [2.75, 3.05) is 43.1 Å². The van der Waals surface area contributed by atoms with Gasteiger partial charge in [-0.05, 0) is 83.1 Å². The van der Waals surface area contributed by atoms with Gasteiger partial charge in [-0.25, -0.2) is 9.78 Å². The minimum atomic E-state index is -1.15. The Morgan fingerprint density at radius 1 is 1.05 bits per heavy atom. The number of aliphatic carboxylic acids is 1. The summed E-state index contributed by atoms with van der Waals surface area (Å²) in [5.74, 6) is 0.745. The van der Waals surface area contributed by atoms with Crippen LogP contribution in [0.5, 0.6) is 5.75 Å². The molecule has 0 saturated carbocycles. The summed E-state index contributed by atoms with van der Waals surface area (Å²) in [4.78, 5) is 26.5. The quantitative estimate of drug-likeness (QED) is 0.267. The molecule has 2 aromatic heterocycles. The topological polar surface area (TPSA) is 88.0 Å². The Morgan fingerprint density at radius 3 is 2.26 bits per heavy atom. The lowest BCUT2D eigenvalue weighted by molar-refractivity contribution is -0.160. The standard InChI is InChI=1S/C35H48N4O4/c1-23-11-10-12-24(2)31(23)42-20-19-38(9)28-14-13-26(21-37-28)27-22-36-25(3)29(32(33(40)41)43-34(4,5)6)30(27)39-17-15-35(7,8)16-18-39/h10-14,21-22,32H,15-20H2,1-9H3,(H,40,41)/t32-/m0/s1. The Balaban J connectivity index is 1.65. The van der Waals surface area contributed by atoms with Gasteiger partial charge in [0.2, 0.25) is 0 Å². The van der Waals surface area contributed by atoms with Crippen molar-refractivity contribution in [3.63, 3.8) is 0 Å². The predicted octanol–water partition coefficient (Wildman–Crippen LogP) is 7.15. The molecular formula is C35H48N4O4. The van der Waals surface area contributed by atoms with Gasteiger partial charge in [0.15, 0.2) is 6.10 Å². The number of para-hydroxylation sites is 1. The highest BCUT2D eigenvalue weighted by molar-refractivity contribution is 5.86. The number of piperidine rings is 1. The van der Waals surface area contributed by atoms with Crippen molar-refractivity contribution in [3.05, 3.63) is 65.1 Å². The van der Waals surface area contributed by atoms with E-state index in [-0.39, 0.29) is 5.41 Å². The number of aryl methyl sites for hydroxylation is 3. The first-order chi connectivity index (χ1) is 20.2. The van der Waals surface area contributed by atoms with Crippen LogP contribution in [0.25, 0.3) is 11.1 Å². The number of ether oxygens (including phenoxy) is 2. The number of anilines is 2. The summed E-state index contributed by atoms with van der Waals surface area (Å²) in [6.45, 7) is 19.1. The van der Waals surface area contributed by atoms with E-state index < -0.39 is 17.7 Å². The van der Waals surface area contributed by atoms with Crippen LogP contribution >= 0.6 is 0 Å². The molecule has 0 bridgehead atoms. The zero-order valence-corrected chi connectivity index (χ0v) is 27.3. The zero-order valence-electron chi connectivity index (χ0n) is 27.3. The number of rotatable bonds is 10. The van der Waals surface area contributed by atoms with E-state index in [0.717, 1.165) is 65.4 Å². The van der Waals surface area contributed by atoms with Crippen molar-refractivity contribution < 1.29 is 19.4 Å². The molecule has 0 spiro atoms. The fourth-order valence-electron chi connectivity index (χ4n) is 5.59. The molecule has 43 heavy (non-hydrogen) atoms. The second kappa shape index (κ2) is 12.9. The maximum absolute atomic E-state index is 12.7. The van der Waals surface area contributed by atoms with Gasteiger partial charge in [-0.2, -0.15) is 0 Å². The lowest BCUT2D eigenvalue weighted by atomic mass is 9.82. The van der Waals surface area contributed by atoms with Crippen LogP contribution in [-0.4, -0.2) is 59.9 Å². The van der Waals surface area contributed by atoms with Gasteiger partial charge in [0.05, 0.1) is 17.8 Å². The van der Waals surface area contributed by atoms with Crippen LogP contribution in [-0.2, 0) is 9.53 Å². The number of nitrogens with zero attached hydrogens (tertiary/aromatic N) is 4. The van der Waals surface area contributed by atoms with Crippen LogP contribution in [0.3, 0.4) is 0 Å². The fourth-order valence-corrected chi connectivity index (χ4v) is 5.59. The second-order valence-electron chi connectivity index (χ2n) is 13.5. The lowest BCUT2D eigenvalue weighted by Crippen LogP contribution is -2.39. The first-order valence-electron chi connectivity index (χ1n) is 15.2. The molecule has 1 fully saturated rings. The number of aromatic nitrogens is 2. The average Bonchev–Trinajstić information content (AvgIpc) is 2.93. The molecule has 4 rings (SSSR count). The van der Waals surface area contributed by atoms with E-state index in [1.165, 1.54) is 0 Å². The maximum atomic E-state index is 12.7. The van der Waals surface area contributed by atoms with Crippen LogP contribution < -0.4 is 14.5 Å². The number of carboxylic acids is 1. The summed E-state index contributed by atoms with van der Waals surface area (Å²) in [7, 11) is 2.00. The highest BCUT2D eigenvalue weighted by atomic mass is 16.5. The molecule has 0 aliphatic carbocycles. The van der Waals surface area contributed by atoms with Gasteiger partial charge in [0, 0.05) is 54.9 Å². The molecule has 3 aromatic rings. The summed E-state index contributed by atoms with van der Waals surface area (Å²) in [6, 6.07) is 10.2. The largest absolute Gasteiger partial charge is 0.491 e. The molecule has 1 aromatic carbocycles. The third-order valence-corrected chi connectivity index (χ3v) is 8.21. The molecule has 8 nitrogen and oxygen atoms in total. The molecule has 0 radical (unpaired) electrons.